The number of hydrogen-bond acceptors (Lipinski definition) is 4. The Morgan fingerprint density at radius 2 is 2.12 bits per heavy atom. The molecular formula is C19H17N5O+2. The average Bonchev–Trinajstić information content (AvgIpc) is 3.41. The van der Waals surface area contributed by atoms with Gasteiger partial charge in [-0.2, -0.15) is 10.1 Å². The topological polar surface area (TPSA) is 87.3 Å². The number of fused-ring (bicyclic) bond motifs is 4. The maximum Gasteiger partial charge on any atom is 0.498 e. The molecule has 4 N–H and O–H groups in total. The van der Waals surface area contributed by atoms with Gasteiger partial charge in [-0.25, -0.2) is 0 Å². The van der Waals surface area contributed by atoms with Gasteiger partial charge in [0, 0.05) is 22.2 Å². The van der Waals surface area contributed by atoms with Crippen LogP contribution < -0.4 is 10.3 Å². The minimum absolute atomic E-state index is 0.522. The second kappa shape index (κ2) is 5.48. The fourth-order valence-electron chi connectivity index (χ4n) is 3.24. The van der Waals surface area contributed by atoms with Crippen molar-refractivity contribution in [2.24, 2.45) is 4.99 Å². The molecule has 0 saturated heterocycles. The van der Waals surface area contributed by atoms with Crippen molar-refractivity contribution in [2.75, 3.05) is 5.32 Å². The Balaban J connectivity index is 1.69. The smallest absolute Gasteiger partial charge is 0.384 e. The van der Waals surface area contributed by atoms with Gasteiger partial charge in [0.05, 0.1) is 11.7 Å². The van der Waals surface area contributed by atoms with Gasteiger partial charge in [0.25, 0.3) is 0 Å². The molecule has 1 fully saturated rings. The zero-order chi connectivity index (χ0) is 16.8. The largest absolute Gasteiger partial charge is 0.498 e. The molecule has 2 aliphatic heterocycles. The number of aliphatic hydroxyl groups is 1. The number of H-pyrrole nitrogens is 1. The van der Waals surface area contributed by atoms with Crippen LogP contribution in [0.5, 0.6) is 0 Å². The Morgan fingerprint density at radius 1 is 1.24 bits per heavy atom. The number of aliphatic imine (C=N–C) groups is 1. The number of hydrogen-bond donors (Lipinski definition) is 4. The summed E-state index contributed by atoms with van der Waals surface area (Å²) in [5.41, 5.74) is 3.76. The quantitative estimate of drug-likeness (QED) is 0.588. The van der Waals surface area contributed by atoms with Crippen LogP contribution >= 0.6 is 0 Å². The summed E-state index contributed by atoms with van der Waals surface area (Å²) in [4.78, 5) is 7.72. The molecule has 0 spiro atoms. The zero-order valence-electron chi connectivity index (χ0n) is 13.5. The third kappa shape index (κ3) is 2.48. The van der Waals surface area contributed by atoms with Crippen LogP contribution in [0.1, 0.15) is 47.2 Å². The molecule has 6 heteroatoms. The number of amidine groups is 2. The maximum atomic E-state index is 10.7. The summed E-state index contributed by atoms with van der Waals surface area (Å²) in [6, 6.07) is 7.72. The van der Waals surface area contributed by atoms with E-state index in [4.69, 9.17) is 0 Å². The van der Waals surface area contributed by atoms with E-state index < -0.39 is 6.10 Å². The number of nitrogens with one attached hydrogen (secondary N) is 3. The number of nitrogens with zero attached hydrogens (tertiary/aromatic N) is 2. The van der Waals surface area contributed by atoms with E-state index in [2.05, 4.69) is 31.6 Å². The van der Waals surface area contributed by atoms with Crippen molar-refractivity contribution in [3.05, 3.63) is 65.0 Å². The molecule has 1 aliphatic carbocycles. The lowest BCUT2D eigenvalue weighted by molar-refractivity contribution is -0.374. The van der Waals surface area contributed by atoms with Gasteiger partial charge in [0.2, 0.25) is 0 Å². The first-order valence-electron chi connectivity index (χ1n) is 8.41. The van der Waals surface area contributed by atoms with Crippen LogP contribution in [0.25, 0.3) is 6.08 Å². The first-order chi connectivity index (χ1) is 12.3. The lowest BCUT2D eigenvalue weighted by Crippen LogP contribution is -2.67. The van der Waals surface area contributed by atoms with Crippen molar-refractivity contribution in [3.8, 4) is 0 Å². The molecule has 1 saturated carbocycles. The van der Waals surface area contributed by atoms with Crippen LogP contribution in [0.15, 0.2) is 41.5 Å². The molecule has 3 heterocycles. The summed E-state index contributed by atoms with van der Waals surface area (Å²) in [5.74, 6) is 2.49. The third-order valence-electron chi connectivity index (χ3n) is 4.68. The van der Waals surface area contributed by atoms with E-state index in [9.17, 15) is 5.11 Å². The Labute approximate surface area is 144 Å². The molecule has 2 bridgehead atoms. The third-order valence-corrected chi connectivity index (χ3v) is 4.68. The highest BCUT2D eigenvalue weighted by atomic mass is 16.3. The van der Waals surface area contributed by atoms with Gasteiger partial charge in [-0.15, -0.1) is 0 Å². The zero-order valence-corrected chi connectivity index (χ0v) is 13.5. The molecular weight excluding hydrogens is 314 g/mol. The van der Waals surface area contributed by atoms with Crippen LogP contribution in [0.4, 0.5) is 5.82 Å². The number of aliphatic hydroxyl groups excluding tert-OH is 1. The van der Waals surface area contributed by atoms with Gasteiger partial charge in [-0.3, -0.25) is 10.4 Å². The molecule has 1 aromatic heterocycles. The van der Waals surface area contributed by atoms with Gasteiger partial charge < -0.3 is 5.11 Å². The average molecular weight is 331 g/mol. The van der Waals surface area contributed by atoms with Crippen LogP contribution in [-0.4, -0.2) is 27.0 Å². The summed E-state index contributed by atoms with van der Waals surface area (Å²) in [5, 5.41) is 21.5. The molecule has 5 rings (SSSR count). The molecule has 1 unspecified atom stereocenters. The van der Waals surface area contributed by atoms with Crippen molar-refractivity contribution >= 4 is 23.6 Å². The molecule has 0 amide bonds. The van der Waals surface area contributed by atoms with E-state index in [-0.39, 0.29) is 0 Å². The fourth-order valence-corrected chi connectivity index (χ4v) is 3.24. The molecule has 1 aromatic carbocycles. The van der Waals surface area contributed by atoms with Crippen LogP contribution in [0, 0.1) is 6.08 Å². The highest BCUT2D eigenvalue weighted by Gasteiger charge is 2.33. The van der Waals surface area contributed by atoms with Gasteiger partial charge in [-0.05, 0) is 24.5 Å². The summed E-state index contributed by atoms with van der Waals surface area (Å²) >= 11 is 0. The lowest BCUT2D eigenvalue weighted by Gasteiger charge is -2.09. The highest BCUT2D eigenvalue weighted by Crippen LogP contribution is 2.42. The highest BCUT2D eigenvalue weighted by molar-refractivity contribution is 6.12. The molecule has 2 aromatic rings. The predicted molar refractivity (Wildman–Crippen MR) is 94.9 cm³/mol. The maximum absolute atomic E-state index is 10.7. The van der Waals surface area contributed by atoms with Gasteiger partial charge in [0.15, 0.2) is 5.82 Å². The number of benzene rings is 1. The summed E-state index contributed by atoms with van der Waals surface area (Å²) in [6.45, 7) is 0. The molecule has 25 heavy (non-hydrogen) atoms. The summed E-state index contributed by atoms with van der Waals surface area (Å²) in [6.07, 6.45) is 10.1. The fraction of sp³-hybridized carbons (Fsp3) is 0.211. The summed E-state index contributed by atoms with van der Waals surface area (Å²) < 4.78 is 0. The standard InChI is InChI=1S/C19H16N5O/c25-15-8-7-14-17(11-5-6-11)23-24-19(14)22-16-9-10-20-18(21-16)13-4-2-1-3-12(13)15/h1-4,7-8,10-11,15,25H,5-6H2,(H2,20,21,22,23,24)/q+1/p+1/b8-7-. The normalized spacial score (nSPS) is 22.4. The Kier molecular flexibility index (Phi) is 3.13. The predicted octanol–water partition coefficient (Wildman–Crippen LogP) is 1.02. The first-order valence-corrected chi connectivity index (χ1v) is 8.41. The summed E-state index contributed by atoms with van der Waals surface area (Å²) in [7, 11) is 0. The van der Waals surface area contributed by atoms with Gasteiger partial charge in [-0.1, -0.05) is 30.4 Å². The molecule has 1 atom stereocenters. The van der Waals surface area contributed by atoms with Gasteiger partial charge >= 0.3 is 23.9 Å². The Morgan fingerprint density at radius 3 is 3.00 bits per heavy atom. The van der Waals surface area contributed by atoms with Crippen molar-refractivity contribution in [2.45, 2.75) is 24.9 Å². The number of anilines is 1. The molecule has 6 nitrogen and oxygen atoms in total. The number of aromatic amines is 1. The van der Waals surface area contributed by atoms with Crippen LogP contribution in [-0.2, 0) is 0 Å². The van der Waals surface area contributed by atoms with E-state index in [0.717, 1.165) is 22.4 Å². The molecule has 122 valence electrons. The van der Waals surface area contributed by atoms with E-state index in [0.29, 0.717) is 23.4 Å². The van der Waals surface area contributed by atoms with E-state index in [1.165, 1.54) is 12.8 Å². The first kappa shape index (κ1) is 14.3. The van der Waals surface area contributed by atoms with Gasteiger partial charge in [0.1, 0.15) is 0 Å². The minimum Gasteiger partial charge on any atom is -0.384 e. The number of rotatable bonds is 1. The Bertz CT molecular complexity index is 962. The lowest BCUT2D eigenvalue weighted by atomic mass is 10.00. The molecule has 0 radical (unpaired) electrons. The monoisotopic (exact) mass is 331 g/mol. The Hall–Kier alpha value is -3.08. The SMILES string of the molecule is OC1/C=C\c2c(n[nH]c2C2CC2)NC2=NC(=[NH+]C=[C+]2)c2ccccc21. The van der Waals surface area contributed by atoms with Crippen molar-refractivity contribution in [3.63, 3.8) is 0 Å². The number of aromatic nitrogens is 2. The second-order valence-electron chi connectivity index (χ2n) is 6.43. The van der Waals surface area contributed by atoms with Crippen LogP contribution in [0.2, 0.25) is 0 Å². The van der Waals surface area contributed by atoms with Crippen molar-refractivity contribution in [1.29, 1.82) is 0 Å². The van der Waals surface area contributed by atoms with Crippen LogP contribution in [0.3, 0.4) is 0 Å². The second-order valence-corrected chi connectivity index (χ2v) is 6.43. The van der Waals surface area contributed by atoms with E-state index in [1.807, 2.05) is 30.3 Å². The van der Waals surface area contributed by atoms with Crippen molar-refractivity contribution in [1.82, 2.24) is 10.2 Å². The molecule has 3 aliphatic rings. The van der Waals surface area contributed by atoms with E-state index in [1.54, 1.807) is 12.3 Å². The van der Waals surface area contributed by atoms with Crippen molar-refractivity contribution < 1.29 is 10.1 Å². The minimum atomic E-state index is -0.730. The van der Waals surface area contributed by atoms with E-state index >= 15 is 0 Å².